The Kier molecular flexibility index (Phi) is 3.06. The third-order valence-electron chi connectivity index (χ3n) is 3.15. The first-order valence-corrected chi connectivity index (χ1v) is 8.62. The van der Waals surface area contributed by atoms with Crippen LogP contribution in [0, 0.1) is 0 Å². The monoisotopic (exact) mass is 296 g/mol. The summed E-state index contributed by atoms with van der Waals surface area (Å²) in [4.78, 5) is 12.0. The standard InChI is InChI=1S/C13H12O4S2/c14-13(17-11-4-6-19(15,16)8-11)10-1-2-12-9(7-10)3-5-18-12/h1-3,5,7,11H,4,6,8H2/t11-/m0/s1. The summed E-state index contributed by atoms with van der Waals surface area (Å²) in [7, 11) is -3.02. The molecular weight excluding hydrogens is 284 g/mol. The van der Waals surface area contributed by atoms with Crippen LogP contribution in [0.2, 0.25) is 0 Å². The van der Waals surface area contributed by atoms with E-state index >= 15 is 0 Å². The zero-order valence-electron chi connectivity index (χ0n) is 10.0. The van der Waals surface area contributed by atoms with Crippen LogP contribution in [0.4, 0.5) is 0 Å². The number of carbonyl (C=O) groups is 1. The van der Waals surface area contributed by atoms with Gasteiger partial charge in [-0.3, -0.25) is 0 Å². The summed E-state index contributed by atoms with van der Waals surface area (Å²) in [6, 6.07) is 7.31. The van der Waals surface area contributed by atoms with Crippen molar-refractivity contribution < 1.29 is 17.9 Å². The van der Waals surface area contributed by atoms with Gasteiger partial charge >= 0.3 is 5.97 Å². The molecule has 0 N–H and O–H groups in total. The first kappa shape index (κ1) is 12.6. The van der Waals surface area contributed by atoms with Gasteiger partial charge in [-0.25, -0.2) is 13.2 Å². The fourth-order valence-corrected chi connectivity index (χ4v) is 4.53. The smallest absolute Gasteiger partial charge is 0.338 e. The van der Waals surface area contributed by atoms with Crippen molar-refractivity contribution in [3.8, 4) is 0 Å². The van der Waals surface area contributed by atoms with E-state index in [4.69, 9.17) is 4.74 Å². The van der Waals surface area contributed by atoms with Gasteiger partial charge in [-0.2, -0.15) is 0 Å². The lowest BCUT2D eigenvalue weighted by Gasteiger charge is -2.10. The zero-order valence-corrected chi connectivity index (χ0v) is 11.7. The van der Waals surface area contributed by atoms with E-state index in [0.29, 0.717) is 12.0 Å². The predicted molar refractivity (Wildman–Crippen MR) is 74.3 cm³/mol. The number of ether oxygens (including phenoxy) is 1. The molecule has 2 heterocycles. The van der Waals surface area contributed by atoms with Crippen molar-refractivity contribution in [1.29, 1.82) is 0 Å². The van der Waals surface area contributed by atoms with E-state index in [2.05, 4.69) is 0 Å². The molecule has 0 spiro atoms. The van der Waals surface area contributed by atoms with E-state index in [1.807, 2.05) is 17.5 Å². The summed E-state index contributed by atoms with van der Waals surface area (Å²) in [6.07, 6.45) is -0.106. The quantitative estimate of drug-likeness (QED) is 0.797. The van der Waals surface area contributed by atoms with Gasteiger partial charge in [0.15, 0.2) is 9.84 Å². The van der Waals surface area contributed by atoms with Crippen molar-refractivity contribution in [3.63, 3.8) is 0 Å². The lowest BCUT2D eigenvalue weighted by molar-refractivity contribution is 0.0356. The van der Waals surface area contributed by atoms with Gasteiger partial charge in [-0.15, -0.1) is 11.3 Å². The van der Waals surface area contributed by atoms with Gasteiger partial charge in [0.05, 0.1) is 17.1 Å². The molecule has 1 aliphatic rings. The van der Waals surface area contributed by atoms with Gasteiger partial charge < -0.3 is 4.74 Å². The second-order valence-electron chi connectivity index (χ2n) is 4.60. The number of hydrogen-bond donors (Lipinski definition) is 0. The Balaban J connectivity index is 1.76. The molecule has 4 nitrogen and oxygen atoms in total. The van der Waals surface area contributed by atoms with Crippen molar-refractivity contribution >= 4 is 37.2 Å². The summed E-state index contributed by atoms with van der Waals surface area (Å²) in [5.74, 6) is -0.399. The Hall–Kier alpha value is -1.40. The van der Waals surface area contributed by atoms with E-state index < -0.39 is 21.9 Å². The molecule has 0 aliphatic carbocycles. The number of sulfone groups is 1. The molecule has 1 saturated heterocycles. The van der Waals surface area contributed by atoms with E-state index in [-0.39, 0.29) is 11.5 Å². The third kappa shape index (κ3) is 2.64. The third-order valence-corrected chi connectivity index (χ3v) is 5.79. The van der Waals surface area contributed by atoms with Gasteiger partial charge in [-0.05, 0) is 41.5 Å². The molecule has 0 bridgehead atoms. The van der Waals surface area contributed by atoms with Crippen molar-refractivity contribution in [2.45, 2.75) is 12.5 Å². The molecule has 3 rings (SSSR count). The highest BCUT2D eigenvalue weighted by Crippen LogP contribution is 2.23. The van der Waals surface area contributed by atoms with Crippen molar-refractivity contribution in [2.75, 3.05) is 11.5 Å². The van der Waals surface area contributed by atoms with E-state index in [0.717, 1.165) is 10.1 Å². The maximum absolute atomic E-state index is 12.0. The number of thiophene rings is 1. The number of carbonyl (C=O) groups excluding carboxylic acids is 1. The molecule has 0 radical (unpaired) electrons. The maximum Gasteiger partial charge on any atom is 0.338 e. The molecular formula is C13H12O4S2. The topological polar surface area (TPSA) is 60.4 Å². The van der Waals surface area contributed by atoms with Crippen molar-refractivity contribution in [3.05, 3.63) is 35.2 Å². The van der Waals surface area contributed by atoms with Crippen LogP contribution in [0.3, 0.4) is 0 Å². The van der Waals surface area contributed by atoms with E-state index in [9.17, 15) is 13.2 Å². The molecule has 1 aliphatic heterocycles. The number of rotatable bonds is 2. The van der Waals surface area contributed by atoms with Crippen molar-refractivity contribution in [2.24, 2.45) is 0 Å². The van der Waals surface area contributed by atoms with Crippen LogP contribution in [0.1, 0.15) is 16.8 Å². The van der Waals surface area contributed by atoms with Crippen LogP contribution >= 0.6 is 11.3 Å². The number of fused-ring (bicyclic) bond motifs is 1. The largest absolute Gasteiger partial charge is 0.458 e. The van der Waals surface area contributed by atoms with Crippen LogP contribution in [-0.2, 0) is 14.6 Å². The molecule has 1 aromatic carbocycles. The fraction of sp³-hybridized carbons (Fsp3) is 0.308. The second-order valence-corrected chi connectivity index (χ2v) is 7.78. The fourth-order valence-electron chi connectivity index (χ4n) is 2.17. The first-order chi connectivity index (χ1) is 9.03. The van der Waals surface area contributed by atoms with E-state index in [1.54, 1.807) is 23.5 Å². The molecule has 0 amide bonds. The highest BCUT2D eigenvalue weighted by atomic mass is 32.2. The summed E-state index contributed by atoms with van der Waals surface area (Å²) in [5, 5.41) is 2.96. The average Bonchev–Trinajstić information content (AvgIpc) is 2.94. The van der Waals surface area contributed by atoms with Crippen LogP contribution in [0.25, 0.3) is 10.1 Å². The first-order valence-electron chi connectivity index (χ1n) is 5.92. The van der Waals surface area contributed by atoms with E-state index in [1.165, 1.54) is 0 Å². The number of esters is 1. The molecule has 2 aromatic rings. The lowest BCUT2D eigenvalue weighted by Crippen LogP contribution is -2.19. The highest BCUT2D eigenvalue weighted by molar-refractivity contribution is 7.91. The molecule has 1 aromatic heterocycles. The van der Waals surface area contributed by atoms with Gasteiger partial charge in [0.1, 0.15) is 6.10 Å². The molecule has 6 heteroatoms. The normalized spacial score (nSPS) is 21.6. The summed E-state index contributed by atoms with van der Waals surface area (Å²) in [6.45, 7) is 0. The Bertz CT molecular complexity index is 730. The molecule has 0 unspecified atom stereocenters. The van der Waals surface area contributed by atoms with Gasteiger partial charge in [0, 0.05) is 4.70 Å². The molecule has 0 saturated carbocycles. The van der Waals surface area contributed by atoms with Crippen LogP contribution < -0.4 is 0 Å². The van der Waals surface area contributed by atoms with Gasteiger partial charge in [0.25, 0.3) is 0 Å². The summed E-state index contributed by atoms with van der Waals surface area (Å²) in [5.41, 5.74) is 0.468. The SMILES string of the molecule is O=C(O[C@H]1CCS(=O)(=O)C1)c1ccc2sccc2c1. The lowest BCUT2D eigenvalue weighted by atomic mass is 10.2. The van der Waals surface area contributed by atoms with Gasteiger partial charge in [0.2, 0.25) is 0 Å². The number of hydrogen-bond acceptors (Lipinski definition) is 5. The predicted octanol–water partition coefficient (Wildman–Crippen LogP) is 2.25. The van der Waals surface area contributed by atoms with Crippen LogP contribution in [0.15, 0.2) is 29.6 Å². The Morgan fingerprint density at radius 2 is 2.16 bits per heavy atom. The van der Waals surface area contributed by atoms with Crippen LogP contribution in [0.5, 0.6) is 0 Å². The Morgan fingerprint density at radius 3 is 2.89 bits per heavy atom. The maximum atomic E-state index is 12.0. The summed E-state index contributed by atoms with van der Waals surface area (Å²) < 4.78 is 29.0. The highest BCUT2D eigenvalue weighted by Gasteiger charge is 2.30. The zero-order chi connectivity index (χ0) is 13.5. The van der Waals surface area contributed by atoms with Crippen LogP contribution in [-0.4, -0.2) is 32.0 Å². The summed E-state index contributed by atoms with van der Waals surface area (Å²) >= 11 is 1.61. The average molecular weight is 296 g/mol. The molecule has 1 fully saturated rings. The Labute approximate surface area is 114 Å². The minimum Gasteiger partial charge on any atom is -0.458 e. The molecule has 1 atom stereocenters. The minimum atomic E-state index is -3.02. The molecule has 100 valence electrons. The minimum absolute atomic E-state index is 0.0561. The van der Waals surface area contributed by atoms with Crippen molar-refractivity contribution in [1.82, 2.24) is 0 Å². The molecule has 19 heavy (non-hydrogen) atoms. The second kappa shape index (κ2) is 4.61. The Morgan fingerprint density at radius 1 is 1.32 bits per heavy atom. The van der Waals surface area contributed by atoms with Gasteiger partial charge in [-0.1, -0.05) is 0 Å². The number of benzene rings is 1.